The molecule has 0 radical (unpaired) electrons. The summed E-state index contributed by atoms with van der Waals surface area (Å²) in [5, 5.41) is 1.94. The molecule has 1 aromatic carbocycles. The van der Waals surface area contributed by atoms with Gasteiger partial charge in [0.05, 0.1) is 17.1 Å². The summed E-state index contributed by atoms with van der Waals surface area (Å²) in [7, 11) is -2.05. The first-order chi connectivity index (χ1) is 10.9. The minimum Gasteiger partial charge on any atom is -0.462 e. The molecular weight excluding hydrogens is 334 g/mol. The van der Waals surface area contributed by atoms with Crippen LogP contribution >= 0.6 is 11.3 Å². The summed E-state index contributed by atoms with van der Waals surface area (Å²) in [4.78, 5) is 12.8. The van der Waals surface area contributed by atoms with Crippen molar-refractivity contribution in [3.05, 3.63) is 51.7 Å². The molecule has 0 aliphatic heterocycles. The standard InChI is InChI=1S/C16H19NO4S2/c1-4-21-16(18)13-5-7-14(8-6-13)23(19,20)17(3)11-15-12(2)9-10-22-15/h5-10H,4,11H2,1-3H3. The van der Waals surface area contributed by atoms with E-state index in [1.807, 2.05) is 18.4 Å². The highest BCUT2D eigenvalue weighted by Gasteiger charge is 2.22. The molecule has 7 heteroatoms. The molecule has 0 atom stereocenters. The third-order valence-electron chi connectivity index (χ3n) is 3.41. The van der Waals surface area contributed by atoms with Gasteiger partial charge in [0, 0.05) is 18.5 Å². The van der Waals surface area contributed by atoms with Gasteiger partial charge in [0.15, 0.2) is 0 Å². The molecule has 1 aromatic heterocycles. The molecule has 2 rings (SSSR count). The van der Waals surface area contributed by atoms with Crippen molar-refractivity contribution >= 4 is 27.3 Å². The number of carbonyl (C=O) groups is 1. The second-order valence-electron chi connectivity index (χ2n) is 5.03. The number of hydrogen-bond donors (Lipinski definition) is 0. The zero-order valence-electron chi connectivity index (χ0n) is 13.3. The number of ether oxygens (including phenoxy) is 1. The largest absolute Gasteiger partial charge is 0.462 e. The summed E-state index contributed by atoms with van der Waals surface area (Å²) in [6, 6.07) is 7.76. The second kappa shape index (κ2) is 7.25. The quantitative estimate of drug-likeness (QED) is 0.749. The van der Waals surface area contributed by atoms with Gasteiger partial charge >= 0.3 is 5.97 Å². The zero-order chi connectivity index (χ0) is 17.0. The van der Waals surface area contributed by atoms with E-state index in [1.165, 1.54) is 39.9 Å². The molecule has 2 aromatic rings. The lowest BCUT2D eigenvalue weighted by Gasteiger charge is -2.17. The fourth-order valence-electron chi connectivity index (χ4n) is 2.01. The van der Waals surface area contributed by atoms with Crippen molar-refractivity contribution in [3.63, 3.8) is 0 Å². The molecule has 0 bridgehead atoms. The molecule has 124 valence electrons. The molecule has 0 spiro atoms. The number of rotatable bonds is 6. The van der Waals surface area contributed by atoms with Gasteiger partial charge in [-0.25, -0.2) is 13.2 Å². The first-order valence-corrected chi connectivity index (χ1v) is 9.44. The van der Waals surface area contributed by atoms with E-state index in [4.69, 9.17) is 4.74 Å². The number of esters is 1. The Morgan fingerprint density at radius 2 is 1.87 bits per heavy atom. The van der Waals surface area contributed by atoms with E-state index >= 15 is 0 Å². The molecule has 0 aliphatic carbocycles. The summed E-state index contributed by atoms with van der Waals surface area (Å²) in [5.41, 5.74) is 1.41. The van der Waals surface area contributed by atoms with Crippen LogP contribution in [0.25, 0.3) is 0 Å². The number of hydrogen-bond acceptors (Lipinski definition) is 5. The molecule has 23 heavy (non-hydrogen) atoms. The van der Waals surface area contributed by atoms with E-state index in [9.17, 15) is 13.2 Å². The molecule has 0 aliphatic rings. The summed E-state index contributed by atoms with van der Waals surface area (Å²) in [5.74, 6) is -0.459. The van der Waals surface area contributed by atoms with Crippen LogP contribution in [0.3, 0.4) is 0 Å². The Morgan fingerprint density at radius 1 is 1.22 bits per heavy atom. The third-order valence-corrected chi connectivity index (χ3v) is 6.23. The van der Waals surface area contributed by atoms with Crippen LogP contribution in [-0.4, -0.2) is 32.3 Å². The maximum atomic E-state index is 12.6. The van der Waals surface area contributed by atoms with E-state index in [-0.39, 0.29) is 11.5 Å². The Hall–Kier alpha value is -1.70. The zero-order valence-corrected chi connectivity index (χ0v) is 14.9. The first-order valence-electron chi connectivity index (χ1n) is 7.12. The predicted octanol–water partition coefficient (Wildman–Crippen LogP) is 3.05. The van der Waals surface area contributed by atoms with Crippen LogP contribution in [0.15, 0.2) is 40.6 Å². The van der Waals surface area contributed by atoms with Crippen LogP contribution in [0.2, 0.25) is 0 Å². The highest BCUT2D eigenvalue weighted by Crippen LogP contribution is 2.22. The van der Waals surface area contributed by atoms with E-state index < -0.39 is 16.0 Å². The summed E-state index contributed by atoms with van der Waals surface area (Å²) in [6.45, 7) is 4.28. The van der Waals surface area contributed by atoms with Crippen molar-refractivity contribution in [1.82, 2.24) is 4.31 Å². The molecular formula is C16H19NO4S2. The van der Waals surface area contributed by atoms with Crippen molar-refractivity contribution in [2.45, 2.75) is 25.3 Å². The number of carbonyl (C=O) groups excluding carboxylic acids is 1. The van der Waals surface area contributed by atoms with E-state index in [0.717, 1.165) is 10.4 Å². The molecule has 0 N–H and O–H groups in total. The first kappa shape index (κ1) is 17.7. The normalized spacial score (nSPS) is 11.7. The van der Waals surface area contributed by atoms with E-state index in [2.05, 4.69) is 0 Å². The number of benzene rings is 1. The van der Waals surface area contributed by atoms with Crippen LogP contribution in [-0.2, 0) is 21.3 Å². The Kier molecular flexibility index (Phi) is 5.56. The highest BCUT2D eigenvalue weighted by atomic mass is 32.2. The lowest BCUT2D eigenvalue weighted by atomic mass is 10.2. The van der Waals surface area contributed by atoms with Crippen LogP contribution in [0.1, 0.15) is 27.7 Å². The van der Waals surface area contributed by atoms with Gasteiger partial charge in [-0.05, 0) is 55.1 Å². The maximum absolute atomic E-state index is 12.6. The van der Waals surface area contributed by atoms with Gasteiger partial charge < -0.3 is 4.74 Å². The highest BCUT2D eigenvalue weighted by molar-refractivity contribution is 7.89. The Morgan fingerprint density at radius 3 is 2.39 bits per heavy atom. The van der Waals surface area contributed by atoms with Gasteiger partial charge in [0.2, 0.25) is 10.0 Å². The molecule has 0 unspecified atom stereocenters. The lowest BCUT2D eigenvalue weighted by Crippen LogP contribution is -2.26. The van der Waals surface area contributed by atoms with Crippen molar-refractivity contribution in [2.24, 2.45) is 0 Å². The Labute approximate surface area is 140 Å². The van der Waals surface area contributed by atoms with Crippen LogP contribution < -0.4 is 0 Å². The van der Waals surface area contributed by atoms with Crippen molar-refractivity contribution in [2.75, 3.05) is 13.7 Å². The summed E-state index contributed by atoms with van der Waals surface area (Å²) in [6.07, 6.45) is 0. The smallest absolute Gasteiger partial charge is 0.338 e. The number of aryl methyl sites for hydroxylation is 1. The molecule has 0 saturated carbocycles. The summed E-state index contributed by atoms with van der Waals surface area (Å²) < 4.78 is 31.4. The van der Waals surface area contributed by atoms with Gasteiger partial charge in [-0.1, -0.05) is 0 Å². The van der Waals surface area contributed by atoms with Gasteiger partial charge in [0.25, 0.3) is 0 Å². The van der Waals surface area contributed by atoms with Gasteiger partial charge in [0.1, 0.15) is 0 Å². The number of nitrogens with zero attached hydrogens (tertiary/aromatic N) is 1. The monoisotopic (exact) mass is 353 g/mol. The number of thiophene rings is 1. The number of sulfonamides is 1. The summed E-state index contributed by atoms with van der Waals surface area (Å²) >= 11 is 1.53. The predicted molar refractivity (Wildman–Crippen MR) is 90.1 cm³/mol. The Bertz CT molecular complexity index is 779. The fourth-order valence-corrected chi connectivity index (χ4v) is 4.19. The second-order valence-corrected chi connectivity index (χ2v) is 8.08. The molecule has 0 amide bonds. The Balaban J connectivity index is 2.18. The van der Waals surface area contributed by atoms with Gasteiger partial charge in [-0.3, -0.25) is 0 Å². The topological polar surface area (TPSA) is 63.7 Å². The van der Waals surface area contributed by atoms with Crippen molar-refractivity contribution < 1.29 is 17.9 Å². The fraction of sp³-hybridized carbons (Fsp3) is 0.312. The van der Waals surface area contributed by atoms with E-state index in [1.54, 1.807) is 14.0 Å². The molecule has 0 fully saturated rings. The van der Waals surface area contributed by atoms with Crippen molar-refractivity contribution in [1.29, 1.82) is 0 Å². The maximum Gasteiger partial charge on any atom is 0.338 e. The average Bonchev–Trinajstić information content (AvgIpc) is 2.92. The van der Waals surface area contributed by atoms with E-state index in [0.29, 0.717) is 12.1 Å². The minimum absolute atomic E-state index is 0.155. The van der Waals surface area contributed by atoms with Crippen LogP contribution in [0, 0.1) is 6.92 Å². The average molecular weight is 353 g/mol. The van der Waals surface area contributed by atoms with Gasteiger partial charge in [-0.15, -0.1) is 11.3 Å². The third kappa shape index (κ3) is 3.99. The van der Waals surface area contributed by atoms with Crippen molar-refractivity contribution in [3.8, 4) is 0 Å². The molecule has 5 nitrogen and oxygen atoms in total. The van der Waals surface area contributed by atoms with Crippen LogP contribution in [0.4, 0.5) is 0 Å². The lowest BCUT2D eigenvalue weighted by molar-refractivity contribution is 0.0526. The molecule has 1 heterocycles. The van der Waals surface area contributed by atoms with Crippen LogP contribution in [0.5, 0.6) is 0 Å². The van der Waals surface area contributed by atoms with Gasteiger partial charge in [-0.2, -0.15) is 4.31 Å². The molecule has 0 saturated heterocycles. The minimum atomic E-state index is -3.60. The SMILES string of the molecule is CCOC(=O)c1ccc(S(=O)(=O)N(C)Cc2sccc2C)cc1.